The van der Waals surface area contributed by atoms with Gasteiger partial charge in [0.25, 0.3) is 10.0 Å². The van der Waals surface area contributed by atoms with Crippen molar-refractivity contribution in [1.29, 1.82) is 0 Å². The average molecular weight is 539 g/mol. The molecule has 35 heavy (non-hydrogen) atoms. The zero-order valence-electron chi connectivity index (χ0n) is 19.0. The van der Waals surface area contributed by atoms with Crippen LogP contribution in [0.4, 0.5) is 11.4 Å². The lowest BCUT2D eigenvalue weighted by Crippen LogP contribution is -2.15. The van der Waals surface area contributed by atoms with Crippen molar-refractivity contribution in [3.63, 3.8) is 0 Å². The second-order valence-corrected chi connectivity index (χ2v) is 9.54. The number of methoxy groups -OCH3 is 2. The monoisotopic (exact) mass is 538 g/mol. The lowest BCUT2D eigenvalue weighted by Gasteiger charge is -2.12. The van der Waals surface area contributed by atoms with Crippen LogP contribution < -0.4 is 10.5 Å². The highest BCUT2D eigenvalue weighted by molar-refractivity contribution is 7.92. The molecule has 3 N–H and O–H groups in total. The van der Waals surface area contributed by atoms with Crippen LogP contribution in [0.25, 0.3) is 0 Å². The summed E-state index contributed by atoms with van der Waals surface area (Å²) in [4.78, 5) is 22.2. The maximum Gasteiger partial charge on any atom is 0.310 e. The van der Waals surface area contributed by atoms with Gasteiger partial charge in [0.2, 0.25) is 0 Å². The van der Waals surface area contributed by atoms with E-state index in [4.69, 9.17) is 28.9 Å². The van der Waals surface area contributed by atoms with E-state index in [1.165, 1.54) is 32.4 Å². The molecule has 0 saturated heterocycles. The van der Waals surface area contributed by atoms with Crippen LogP contribution in [0, 0.1) is 0 Å². The minimum Gasteiger partial charge on any atom is -0.469 e. The lowest BCUT2D eigenvalue weighted by molar-refractivity contribution is -0.140. The van der Waals surface area contributed by atoms with E-state index >= 15 is 0 Å². The van der Waals surface area contributed by atoms with Crippen molar-refractivity contribution in [3.05, 3.63) is 87.9 Å². The van der Waals surface area contributed by atoms with E-state index < -0.39 is 16.0 Å². The Morgan fingerprint density at radius 2 is 1.37 bits per heavy atom. The SMILES string of the molecule is COC(=O)Cc1ccccc1N.COC(=O)Cc1ccccc1NS(=O)(=O)c1ccc(Cl)c(Cl)c1. The predicted molar refractivity (Wildman–Crippen MR) is 136 cm³/mol. The minimum atomic E-state index is -3.86. The fourth-order valence-electron chi connectivity index (χ4n) is 2.77. The van der Waals surface area contributed by atoms with E-state index in [9.17, 15) is 18.0 Å². The Morgan fingerprint density at radius 3 is 1.94 bits per heavy atom. The number of esters is 2. The van der Waals surface area contributed by atoms with Crippen LogP contribution in [-0.4, -0.2) is 34.6 Å². The summed E-state index contributed by atoms with van der Waals surface area (Å²) in [5, 5.41) is 0.397. The number of rotatable bonds is 7. The predicted octanol–water partition coefficient (Wildman–Crippen LogP) is 4.49. The molecule has 3 aromatic rings. The summed E-state index contributed by atoms with van der Waals surface area (Å²) in [6.45, 7) is 0. The van der Waals surface area contributed by atoms with Crippen molar-refractivity contribution in [3.8, 4) is 0 Å². The Morgan fingerprint density at radius 1 is 0.829 bits per heavy atom. The number of carbonyl (C=O) groups is 2. The zero-order chi connectivity index (χ0) is 26.0. The van der Waals surface area contributed by atoms with E-state index in [2.05, 4.69) is 14.2 Å². The van der Waals surface area contributed by atoms with Crippen LogP contribution in [0.15, 0.2) is 71.6 Å². The van der Waals surface area contributed by atoms with Gasteiger partial charge in [0.1, 0.15) is 0 Å². The summed E-state index contributed by atoms with van der Waals surface area (Å²) in [6.07, 6.45) is 0.194. The van der Waals surface area contributed by atoms with Crippen molar-refractivity contribution >= 4 is 56.5 Å². The van der Waals surface area contributed by atoms with Crippen LogP contribution in [0.2, 0.25) is 10.0 Å². The maximum absolute atomic E-state index is 12.4. The summed E-state index contributed by atoms with van der Waals surface area (Å²) < 4.78 is 36.4. The molecule has 0 fully saturated rings. The number of halogens is 2. The van der Waals surface area contributed by atoms with E-state index in [1.54, 1.807) is 30.3 Å². The number of benzene rings is 3. The fourth-order valence-corrected chi connectivity index (χ4v) is 4.26. The highest BCUT2D eigenvalue weighted by atomic mass is 35.5. The fraction of sp³-hybridized carbons (Fsp3) is 0.167. The van der Waals surface area contributed by atoms with E-state index in [1.807, 2.05) is 18.2 Å². The van der Waals surface area contributed by atoms with Crippen LogP contribution in [0.5, 0.6) is 0 Å². The first-order valence-electron chi connectivity index (χ1n) is 10.1. The molecule has 0 radical (unpaired) electrons. The Balaban J connectivity index is 0.000000303. The number of sulfonamides is 1. The molecule has 0 unspecified atom stereocenters. The van der Waals surface area contributed by atoms with Crippen LogP contribution in [0.1, 0.15) is 11.1 Å². The minimum absolute atomic E-state index is 0.0280. The van der Waals surface area contributed by atoms with Crippen molar-refractivity contribution in [2.75, 3.05) is 24.7 Å². The van der Waals surface area contributed by atoms with Gasteiger partial charge in [-0.05, 0) is 41.5 Å². The number of carbonyl (C=O) groups excluding carboxylic acids is 2. The Kier molecular flexibility index (Phi) is 10.4. The third kappa shape index (κ3) is 8.47. The van der Waals surface area contributed by atoms with Crippen LogP contribution in [0.3, 0.4) is 0 Å². The normalized spacial score (nSPS) is 10.5. The second-order valence-electron chi connectivity index (χ2n) is 7.04. The highest BCUT2D eigenvalue weighted by Gasteiger charge is 2.18. The molecule has 0 aliphatic carbocycles. The molecule has 8 nitrogen and oxygen atoms in total. The number of nitrogens with one attached hydrogen (secondary N) is 1. The summed E-state index contributed by atoms with van der Waals surface area (Å²) in [5.41, 5.74) is 7.85. The molecule has 0 spiro atoms. The van der Waals surface area contributed by atoms with Gasteiger partial charge in [-0.3, -0.25) is 14.3 Å². The number of nitrogen functional groups attached to an aromatic ring is 1. The standard InChI is InChI=1S/C15H13Cl2NO4S.C9H11NO2/c1-22-15(19)8-10-4-2-3-5-14(10)18-23(20,21)11-6-7-12(16)13(17)9-11;1-12-9(11)6-7-4-2-3-5-8(7)10/h2-7,9,18H,8H2,1H3;2-5H,6,10H2,1H3. The van der Waals surface area contributed by atoms with Crippen molar-refractivity contribution < 1.29 is 27.5 Å². The first-order chi connectivity index (χ1) is 16.6. The molecule has 0 atom stereocenters. The molecule has 0 bridgehead atoms. The van der Waals surface area contributed by atoms with Gasteiger partial charge >= 0.3 is 11.9 Å². The number of para-hydroxylation sites is 2. The number of hydrogen-bond donors (Lipinski definition) is 2. The molecular weight excluding hydrogens is 515 g/mol. The largest absolute Gasteiger partial charge is 0.469 e. The molecule has 0 aliphatic heterocycles. The van der Waals surface area contributed by atoms with E-state index in [-0.39, 0.29) is 33.8 Å². The molecule has 0 aromatic heterocycles. The van der Waals surface area contributed by atoms with E-state index in [0.29, 0.717) is 16.9 Å². The van der Waals surface area contributed by atoms with Crippen molar-refractivity contribution in [1.82, 2.24) is 0 Å². The Bertz CT molecular complexity index is 1300. The maximum atomic E-state index is 12.4. The molecule has 3 rings (SSSR count). The van der Waals surface area contributed by atoms with Crippen LogP contribution in [-0.2, 0) is 41.9 Å². The first kappa shape index (κ1) is 28.0. The quantitative estimate of drug-likeness (QED) is 0.335. The Hall–Kier alpha value is -3.27. The second kappa shape index (κ2) is 13.0. The number of hydrogen-bond acceptors (Lipinski definition) is 7. The Labute approximate surface area is 214 Å². The van der Waals surface area contributed by atoms with Gasteiger partial charge in [-0.25, -0.2) is 8.42 Å². The van der Waals surface area contributed by atoms with Crippen molar-refractivity contribution in [2.45, 2.75) is 17.7 Å². The number of anilines is 2. The molecule has 0 heterocycles. The molecule has 3 aromatic carbocycles. The zero-order valence-corrected chi connectivity index (χ0v) is 21.3. The molecule has 11 heteroatoms. The average Bonchev–Trinajstić information content (AvgIpc) is 2.83. The number of ether oxygens (including phenoxy) is 2. The van der Waals surface area contributed by atoms with Crippen LogP contribution >= 0.6 is 23.2 Å². The van der Waals surface area contributed by atoms with Gasteiger partial charge < -0.3 is 15.2 Å². The van der Waals surface area contributed by atoms with Gasteiger partial charge in [0.15, 0.2) is 0 Å². The summed E-state index contributed by atoms with van der Waals surface area (Å²) >= 11 is 11.6. The topological polar surface area (TPSA) is 125 Å². The third-order valence-electron chi connectivity index (χ3n) is 4.64. The van der Waals surface area contributed by atoms with Crippen molar-refractivity contribution in [2.24, 2.45) is 0 Å². The molecule has 0 saturated carbocycles. The lowest BCUT2D eigenvalue weighted by atomic mass is 10.1. The smallest absolute Gasteiger partial charge is 0.310 e. The van der Waals surface area contributed by atoms with Gasteiger partial charge in [0, 0.05) is 5.69 Å². The van der Waals surface area contributed by atoms with Gasteiger partial charge in [-0.2, -0.15) is 0 Å². The van der Waals surface area contributed by atoms with E-state index in [0.717, 1.165) is 5.56 Å². The van der Waals surface area contributed by atoms with Gasteiger partial charge in [-0.15, -0.1) is 0 Å². The number of nitrogens with two attached hydrogens (primary N) is 1. The third-order valence-corrected chi connectivity index (χ3v) is 6.75. The molecule has 0 amide bonds. The summed E-state index contributed by atoms with van der Waals surface area (Å²) in [6, 6.07) is 17.8. The molecular formula is C24H24Cl2N2O6S. The van der Waals surface area contributed by atoms with Gasteiger partial charge in [-0.1, -0.05) is 59.6 Å². The van der Waals surface area contributed by atoms with Gasteiger partial charge in [0.05, 0.1) is 47.7 Å². The summed E-state index contributed by atoms with van der Waals surface area (Å²) in [5.74, 6) is -0.737. The first-order valence-corrected chi connectivity index (χ1v) is 12.3. The molecule has 186 valence electrons. The molecule has 0 aliphatic rings. The summed E-state index contributed by atoms with van der Waals surface area (Å²) in [7, 11) is -1.23. The highest BCUT2D eigenvalue weighted by Crippen LogP contribution is 2.27.